The zero-order valence-electron chi connectivity index (χ0n) is 14.5. The fraction of sp³-hybridized carbons (Fsp3) is 0.412. The van der Waals surface area contributed by atoms with Crippen molar-refractivity contribution in [1.82, 2.24) is 9.78 Å². The molecular weight excluding hydrogens is 351 g/mol. The summed E-state index contributed by atoms with van der Waals surface area (Å²) >= 11 is 0. The van der Waals surface area contributed by atoms with Crippen molar-refractivity contribution < 1.29 is 27.4 Å². The Morgan fingerprint density at radius 2 is 2.04 bits per heavy atom. The molecule has 2 aromatic rings. The summed E-state index contributed by atoms with van der Waals surface area (Å²) in [7, 11) is 2.89. The maximum Gasteiger partial charge on any atom is 0.435 e. The van der Waals surface area contributed by atoms with Crippen LogP contribution in [-0.2, 0) is 33.9 Å². The third-order valence-electron chi connectivity index (χ3n) is 4.14. The van der Waals surface area contributed by atoms with Gasteiger partial charge in [-0.3, -0.25) is 14.4 Å². The number of anilines is 1. The summed E-state index contributed by atoms with van der Waals surface area (Å²) in [6.45, 7) is 2.15. The number of halogens is 3. The van der Waals surface area contributed by atoms with Crippen LogP contribution >= 0.6 is 0 Å². The van der Waals surface area contributed by atoms with Crippen molar-refractivity contribution in [2.75, 3.05) is 18.6 Å². The predicted molar refractivity (Wildman–Crippen MR) is 87.3 cm³/mol. The van der Waals surface area contributed by atoms with Crippen molar-refractivity contribution in [3.05, 3.63) is 35.5 Å². The second kappa shape index (κ2) is 6.73. The molecule has 26 heavy (non-hydrogen) atoms. The quantitative estimate of drug-likeness (QED) is 0.761. The highest BCUT2D eigenvalue weighted by atomic mass is 19.4. The summed E-state index contributed by atoms with van der Waals surface area (Å²) in [5.41, 5.74) is 1.23. The van der Waals surface area contributed by atoms with E-state index >= 15 is 0 Å². The first kappa shape index (κ1) is 18.4. The van der Waals surface area contributed by atoms with E-state index in [9.17, 15) is 18.0 Å². The van der Waals surface area contributed by atoms with Gasteiger partial charge in [-0.1, -0.05) is 6.07 Å². The normalized spacial score (nSPS) is 15.5. The minimum absolute atomic E-state index is 0.125. The Hall–Kier alpha value is -2.39. The topological polar surface area (TPSA) is 56.6 Å². The standard InChI is InChI=1S/C17H18F3N3O3/c1-4-26-16(25-3)23-12-6-5-10(7-11(12)8-15(23)24)13-9-14(17(18,19)20)21-22(13)2/h5-7,9,16H,4,8H2,1-3H3. The summed E-state index contributed by atoms with van der Waals surface area (Å²) in [6, 6.07) is 6.03. The van der Waals surface area contributed by atoms with Crippen LogP contribution in [0, 0.1) is 0 Å². The van der Waals surface area contributed by atoms with Gasteiger partial charge in [0.25, 0.3) is 0 Å². The number of carbonyl (C=O) groups is 1. The molecule has 0 bridgehead atoms. The van der Waals surface area contributed by atoms with E-state index in [-0.39, 0.29) is 12.3 Å². The van der Waals surface area contributed by atoms with Crippen LogP contribution in [0.4, 0.5) is 18.9 Å². The number of fused-ring (bicyclic) bond motifs is 1. The summed E-state index contributed by atoms with van der Waals surface area (Å²) < 4.78 is 50.4. The van der Waals surface area contributed by atoms with Crippen LogP contribution in [0.3, 0.4) is 0 Å². The van der Waals surface area contributed by atoms with Crippen molar-refractivity contribution in [3.63, 3.8) is 0 Å². The van der Waals surface area contributed by atoms with Crippen molar-refractivity contribution in [3.8, 4) is 11.3 Å². The van der Waals surface area contributed by atoms with E-state index < -0.39 is 18.3 Å². The number of hydrogen-bond donors (Lipinski definition) is 0. The Morgan fingerprint density at radius 1 is 1.31 bits per heavy atom. The van der Waals surface area contributed by atoms with Crippen LogP contribution < -0.4 is 4.90 Å². The third-order valence-corrected chi connectivity index (χ3v) is 4.14. The Morgan fingerprint density at radius 3 is 2.62 bits per heavy atom. The van der Waals surface area contributed by atoms with E-state index in [1.807, 2.05) is 0 Å². The fourth-order valence-electron chi connectivity index (χ4n) is 3.00. The van der Waals surface area contributed by atoms with Crippen LogP contribution in [0.1, 0.15) is 18.2 Å². The van der Waals surface area contributed by atoms with Crippen molar-refractivity contribution in [2.45, 2.75) is 25.9 Å². The lowest BCUT2D eigenvalue weighted by Crippen LogP contribution is -2.41. The van der Waals surface area contributed by atoms with Gasteiger partial charge >= 0.3 is 6.18 Å². The molecular formula is C17H18F3N3O3. The number of aromatic nitrogens is 2. The van der Waals surface area contributed by atoms with E-state index in [1.54, 1.807) is 25.1 Å². The van der Waals surface area contributed by atoms with Gasteiger partial charge in [-0.2, -0.15) is 18.3 Å². The minimum Gasteiger partial charge on any atom is -0.338 e. The van der Waals surface area contributed by atoms with Crippen LogP contribution in [0.25, 0.3) is 11.3 Å². The van der Waals surface area contributed by atoms with E-state index in [4.69, 9.17) is 9.47 Å². The molecule has 1 aromatic heterocycles. The Balaban J connectivity index is 1.97. The second-order valence-electron chi connectivity index (χ2n) is 5.82. The molecule has 0 radical (unpaired) electrons. The van der Waals surface area contributed by atoms with Crippen LogP contribution in [-0.4, -0.2) is 35.8 Å². The molecule has 9 heteroatoms. The van der Waals surface area contributed by atoms with E-state index in [0.717, 1.165) is 6.07 Å². The van der Waals surface area contributed by atoms with Crippen LogP contribution in [0.15, 0.2) is 24.3 Å². The molecule has 1 aliphatic heterocycles. The van der Waals surface area contributed by atoms with Gasteiger partial charge < -0.3 is 9.47 Å². The van der Waals surface area contributed by atoms with Crippen molar-refractivity contribution >= 4 is 11.6 Å². The first-order valence-corrected chi connectivity index (χ1v) is 7.97. The number of nitrogens with zero attached hydrogens (tertiary/aromatic N) is 3. The highest BCUT2D eigenvalue weighted by Crippen LogP contribution is 2.36. The van der Waals surface area contributed by atoms with E-state index in [0.29, 0.717) is 29.1 Å². The van der Waals surface area contributed by atoms with Crippen LogP contribution in [0.5, 0.6) is 0 Å². The molecule has 0 saturated carbocycles. The molecule has 1 aliphatic rings. The maximum atomic E-state index is 12.9. The molecule has 3 rings (SSSR count). The lowest BCUT2D eigenvalue weighted by Gasteiger charge is -2.26. The number of benzene rings is 1. The van der Waals surface area contributed by atoms with Gasteiger partial charge in [0.1, 0.15) is 0 Å². The Bertz CT molecular complexity index is 832. The van der Waals surface area contributed by atoms with E-state index in [1.165, 1.54) is 23.7 Å². The van der Waals surface area contributed by atoms with E-state index in [2.05, 4.69) is 5.10 Å². The highest BCUT2D eigenvalue weighted by molar-refractivity contribution is 6.02. The molecule has 0 saturated heterocycles. The lowest BCUT2D eigenvalue weighted by molar-refractivity contribution is -0.141. The molecule has 0 fully saturated rings. The van der Waals surface area contributed by atoms with Gasteiger partial charge in [-0.25, -0.2) is 0 Å². The summed E-state index contributed by atoms with van der Waals surface area (Å²) in [4.78, 5) is 13.8. The zero-order chi connectivity index (χ0) is 19.1. The Kier molecular flexibility index (Phi) is 4.76. The molecule has 140 valence electrons. The van der Waals surface area contributed by atoms with Crippen molar-refractivity contribution in [2.24, 2.45) is 7.05 Å². The maximum absolute atomic E-state index is 12.9. The van der Waals surface area contributed by atoms with Gasteiger partial charge in [-0.15, -0.1) is 0 Å². The zero-order valence-corrected chi connectivity index (χ0v) is 14.5. The molecule has 1 amide bonds. The van der Waals surface area contributed by atoms with Crippen LogP contribution in [0.2, 0.25) is 0 Å². The summed E-state index contributed by atoms with van der Waals surface area (Å²) in [6.07, 6.45) is -5.23. The average Bonchev–Trinajstić information content (AvgIpc) is 3.11. The summed E-state index contributed by atoms with van der Waals surface area (Å²) in [5, 5.41) is 3.52. The molecule has 1 unspecified atom stereocenters. The number of ether oxygens (including phenoxy) is 2. The van der Waals surface area contributed by atoms with Gasteiger partial charge in [0.05, 0.1) is 17.8 Å². The number of rotatable bonds is 5. The number of carbonyl (C=O) groups excluding carboxylic acids is 1. The van der Waals surface area contributed by atoms with Gasteiger partial charge in [0.2, 0.25) is 12.3 Å². The fourth-order valence-corrected chi connectivity index (χ4v) is 3.00. The monoisotopic (exact) mass is 369 g/mol. The molecule has 1 atom stereocenters. The number of amides is 1. The molecule has 1 aromatic carbocycles. The SMILES string of the molecule is CCOC(OC)N1C(=O)Cc2cc(-c3cc(C(F)(F)F)nn3C)ccc21. The molecule has 0 N–H and O–H groups in total. The lowest BCUT2D eigenvalue weighted by atomic mass is 10.1. The molecule has 6 nitrogen and oxygen atoms in total. The largest absolute Gasteiger partial charge is 0.435 e. The second-order valence-corrected chi connectivity index (χ2v) is 5.82. The first-order chi connectivity index (χ1) is 12.3. The average molecular weight is 369 g/mol. The summed E-state index contributed by atoms with van der Waals surface area (Å²) in [5.74, 6) is -0.196. The number of alkyl halides is 3. The van der Waals surface area contributed by atoms with Gasteiger partial charge in [0.15, 0.2) is 5.69 Å². The minimum atomic E-state index is -4.51. The highest BCUT2D eigenvalue weighted by Gasteiger charge is 2.36. The van der Waals surface area contributed by atoms with Crippen molar-refractivity contribution in [1.29, 1.82) is 0 Å². The predicted octanol–water partition coefficient (Wildman–Crippen LogP) is 2.96. The smallest absolute Gasteiger partial charge is 0.338 e. The number of hydrogen-bond acceptors (Lipinski definition) is 4. The van der Waals surface area contributed by atoms with Gasteiger partial charge in [-0.05, 0) is 30.7 Å². The first-order valence-electron chi connectivity index (χ1n) is 7.97. The molecule has 0 aliphatic carbocycles. The third kappa shape index (κ3) is 3.19. The number of aryl methyl sites for hydroxylation is 1. The molecule has 2 heterocycles. The Labute approximate surface area is 148 Å². The van der Waals surface area contributed by atoms with Gasteiger partial charge in [0, 0.05) is 26.3 Å². The number of methoxy groups -OCH3 is 1. The molecule has 0 spiro atoms.